The van der Waals surface area contributed by atoms with Gasteiger partial charge in [0.05, 0.1) is 18.5 Å². The molecule has 0 saturated heterocycles. The van der Waals surface area contributed by atoms with E-state index in [4.69, 9.17) is 10.2 Å². The number of nitrogens with zero attached hydrogens (tertiary/aromatic N) is 3. The van der Waals surface area contributed by atoms with Crippen LogP contribution in [0.2, 0.25) is 0 Å². The Hall–Kier alpha value is -1.09. The fourth-order valence-electron chi connectivity index (χ4n) is 1.82. The molecule has 108 valence electrons. The average Bonchev–Trinajstić information content (AvgIpc) is 2.93. The van der Waals surface area contributed by atoms with Crippen molar-refractivity contribution in [1.29, 1.82) is 0 Å². The molecule has 7 heteroatoms. The van der Waals surface area contributed by atoms with E-state index in [0.717, 1.165) is 16.5 Å². The van der Waals surface area contributed by atoms with Gasteiger partial charge in [0, 0.05) is 18.5 Å². The number of hydrogen-bond donors (Lipinski definition) is 1. The van der Waals surface area contributed by atoms with Crippen molar-refractivity contribution in [2.75, 3.05) is 7.05 Å². The number of guanidine groups is 1. The van der Waals surface area contributed by atoms with Crippen LogP contribution < -0.4 is 5.73 Å². The monoisotopic (exact) mass is 404 g/mol. The van der Waals surface area contributed by atoms with Crippen LogP contribution in [-0.4, -0.2) is 28.9 Å². The Bertz CT molecular complexity index is 577. The molecule has 0 unspecified atom stereocenters. The van der Waals surface area contributed by atoms with Crippen molar-refractivity contribution in [3.05, 3.63) is 29.5 Å². The predicted molar refractivity (Wildman–Crippen MR) is 91.3 cm³/mol. The summed E-state index contributed by atoms with van der Waals surface area (Å²) in [5, 5.41) is 2.87. The zero-order valence-corrected chi connectivity index (χ0v) is 14.3. The average molecular weight is 404 g/mol. The van der Waals surface area contributed by atoms with E-state index in [1.165, 1.54) is 12.8 Å². The van der Waals surface area contributed by atoms with Crippen molar-refractivity contribution in [3.8, 4) is 10.8 Å². The Morgan fingerprint density at radius 2 is 2.40 bits per heavy atom. The molecule has 0 atom stereocenters. The van der Waals surface area contributed by atoms with Gasteiger partial charge in [0.25, 0.3) is 0 Å². The highest BCUT2D eigenvalue weighted by atomic mass is 127. The van der Waals surface area contributed by atoms with Gasteiger partial charge in [-0.1, -0.05) is 0 Å². The summed E-state index contributed by atoms with van der Waals surface area (Å²) < 4.78 is 5.32. The molecular weight excluding hydrogens is 387 g/mol. The molecule has 0 aromatic carbocycles. The van der Waals surface area contributed by atoms with E-state index in [9.17, 15) is 0 Å². The summed E-state index contributed by atoms with van der Waals surface area (Å²) in [6.07, 6.45) is 4.08. The third-order valence-electron chi connectivity index (χ3n) is 3.14. The number of hydrogen-bond acceptors (Lipinski definition) is 4. The summed E-state index contributed by atoms with van der Waals surface area (Å²) in [5.41, 5.74) is 6.86. The van der Waals surface area contributed by atoms with Gasteiger partial charge in [-0.15, -0.1) is 35.3 Å². The molecule has 1 saturated carbocycles. The van der Waals surface area contributed by atoms with E-state index < -0.39 is 0 Å². The van der Waals surface area contributed by atoms with Crippen LogP contribution >= 0.6 is 35.3 Å². The highest BCUT2D eigenvalue weighted by Gasteiger charge is 2.27. The molecule has 20 heavy (non-hydrogen) atoms. The Balaban J connectivity index is 0.00000147. The topological polar surface area (TPSA) is 67.7 Å². The van der Waals surface area contributed by atoms with E-state index in [1.807, 2.05) is 29.5 Å². The SMILES string of the molecule is CN(C(N)=NCc1csc(-c2ccco2)n1)C1CC1.I. The van der Waals surface area contributed by atoms with Crippen LogP contribution in [-0.2, 0) is 6.54 Å². The second kappa shape index (κ2) is 6.57. The number of aliphatic imine (C=N–C) groups is 1. The Labute approximate surface area is 138 Å². The zero-order valence-electron chi connectivity index (χ0n) is 11.2. The number of halogens is 1. The minimum Gasteiger partial charge on any atom is -0.462 e. The highest BCUT2D eigenvalue weighted by Crippen LogP contribution is 2.26. The van der Waals surface area contributed by atoms with Crippen molar-refractivity contribution in [3.63, 3.8) is 0 Å². The minimum absolute atomic E-state index is 0. The van der Waals surface area contributed by atoms with Crippen LogP contribution in [0.25, 0.3) is 10.8 Å². The van der Waals surface area contributed by atoms with Gasteiger partial charge in [0.2, 0.25) is 0 Å². The maximum atomic E-state index is 5.94. The summed E-state index contributed by atoms with van der Waals surface area (Å²) in [5.74, 6) is 1.39. The van der Waals surface area contributed by atoms with E-state index in [1.54, 1.807) is 17.6 Å². The number of rotatable bonds is 4. The molecule has 0 radical (unpaired) electrons. The fraction of sp³-hybridized carbons (Fsp3) is 0.385. The number of thiazole rings is 1. The minimum atomic E-state index is 0. The van der Waals surface area contributed by atoms with Crippen molar-refractivity contribution < 1.29 is 4.42 Å². The second-order valence-corrected chi connectivity index (χ2v) is 5.50. The number of nitrogens with two attached hydrogens (primary N) is 1. The third-order valence-corrected chi connectivity index (χ3v) is 4.05. The molecule has 0 bridgehead atoms. The smallest absolute Gasteiger partial charge is 0.191 e. The normalized spacial score (nSPS) is 14.9. The van der Waals surface area contributed by atoms with E-state index in [0.29, 0.717) is 18.5 Å². The van der Waals surface area contributed by atoms with Crippen LogP contribution in [0, 0.1) is 0 Å². The Kier molecular flexibility index (Phi) is 5.03. The first-order chi connectivity index (χ1) is 9.24. The van der Waals surface area contributed by atoms with Crippen LogP contribution in [0.15, 0.2) is 33.2 Å². The van der Waals surface area contributed by atoms with Crippen LogP contribution in [0.5, 0.6) is 0 Å². The summed E-state index contributed by atoms with van der Waals surface area (Å²) in [6, 6.07) is 4.34. The lowest BCUT2D eigenvalue weighted by molar-refractivity contribution is 0.487. The molecule has 0 amide bonds. The first kappa shape index (κ1) is 15.3. The van der Waals surface area contributed by atoms with Crippen LogP contribution in [0.1, 0.15) is 18.5 Å². The predicted octanol–water partition coefficient (Wildman–Crippen LogP) is 2.93. The fourth-order valence-corrected chi connectivity index (χ4v) is 2.59. The lowest BCUT2D eigenvalue weighted by Gasteiger charge is -2.16. The van der Waals surface area contributed by atoms with Crippen molar-refractivity contribution in [1.82, 2.24) is 9.88 Å². The van der Waals surface area contributed by atoms with Gasteiger partial charge in [0.15, 0.2) is 16.7 Å². The quantitative estimate of drug-likeness (QED) is 0.484. The van der Waals surface area contributed by atoms with Gasteiger partial charge in [-0.3, -0.25) is 0 Å². The van der Waals surface area contributed by atoms with E-state index in [2.05, 4.69) is 9.98 Å². The molecule has 2 aromatic rings. The molecule has 3 rings (SSSR count). The van der Waals surface area contributed by atoms with Crippen LogP contribution in [0.3, 0.4) is 0 Å². The van der Waals surface area contributed by atoms with Crippen molar-refractivity contribution in [2.24, 2.45) is 10.7 Å². The first-order valence-corrected chi connectivity index (χ1v) is 7.13. The molecule has 0 spiro atoms. The molecule has 1 aliphatic rings. The molecule has 1 fully saturated rings. The highest BCUT2D eigenvalue weighted by molar-refractivity contribution is 14.0. The maximum Gasteiger partial charge on any atom is 0.191 e. The van der Waals surface area contributed by atoms with E-state index in [-0.39, 0.29) is 24.0 Å². The Morgan fingerprint density at radius 1 is 1.60 bits per heavy atom. The lowest BCUT2D eigenvalue weighted by atomic mass is 10.4. The zero-order chi connectivity index (χ0) is 13.2. The molecule has 1 aliphatic carbocycles. The summed E-state index contributed by atoms with van der Waals surface area (Å²) in [4.78, 5) is 10.9. The van der Waals surface area contributed by atoms with Crippen molar-refractivity contribution in [2.45, 2.75) is 25.4 Å². The summed E-state index contributed by atoms with van der Waals surface area (Å²) in [7, 11) is 1.99. The molecule has 2 heterocycles. The number of furan rings is 1. The molecule has 0 aliphatic heterocycles. The number of aromatic nitrogens is 1. The molecule has 5 nitrogen and oxygen atoms in total. The van der Waals surface area contributed by atoms with Gasteiger partial charge in [0.1, 0.15) is 0 Å². The van der Waals surface area contributed by atoms with Gasteiger partial charge in [-0.25, -0.2) is 9.98 Å². The van der Waals surface area contributed by atoms with Gasteiger partial charge < -0.3 is 15.1 Å². The van der Waals surface area contributed by atoms with Crippen molar-refractivity contribution >= 4 is 41.3 Å². The lowest BCUT2D eigenvalue weighted by Crippen LogP contribution is -2.35. The molecule has 2 aromatic heterocycles. The van der Waals surface area contributed by atoms with Gasteiger partial charge in [-0.2, -0.15) is 0 Å². The Morgan fingerprint density at radius 3 is 3.05 bits per heavy atom. The van der Waals surface area contributed by atoms with Gasteiger partial charge in [-0.05, 0) is 25.0 Å². The first-order valence-electron chi connectivity index (χ1n) is 6.25. The van der Waals surface area contributed by atoms with Gasteiger partial charge >= 0.3 is 0 Å². The summed E-state index contributed by atoms with van der Waals surface area (Å²) >= 11 is 1.56. The third kappa shape index (κ3) is 3.51. The molecular formula is C13H17IN4OS. The van der Waals surface area contributed by atoms with E-state index >= 15 is 0 Å². The summed E-state index contributed by atoms with van der Waals surface area (Å²) in [6.45, 7) is 0.514. The standard InChI is InChI=1S/C13H16N4OS.HI/c1-17(10-4-5-10)13(14)15-7-9-8-19-12(16-9)11-3-2-6-18-11;/h2-3,6,8,10H,4-5,7H2,1H3,(H2,14,15);1H. The molecule has 2 N–H and O–H groups in total. The maximum absolute atomic E-state index is 5.94. The van der Waals surface area contributed by atoms with Crippen LogP contribution in [0.4, 0.5) is 0 Å². The largest absolute Gasteiger partial charge is 0.462 e. The second-order valence-electron chi connectivity index (χ2n) is 4.64.